The van der Waals surface area contributed by atoms with E-state index in [1.165, 1.54) is 7.11 Å². The van der Waals surface area contributed by atoms with Crippen LogP contribution < -0.4 is 5.32 Å². The van der Waals surface area contributed by atoms with Gasteiger partial charge in [-0.25, -0.2) is 4.79 Å². The Morgan fingerprint density at radius 1 is 0.950 bits per heavy atom. The Morgan fingerprint density at radius 3 is 2.05 bits per heavy atom. The molecule has 102 valence electrons. The number of hydrogen-bond acceptors (Lipinski definition) is 3. The summed E-state index contributed by atoms with van der Waals surface area (Å²) in [6, 6.07) is 14.3. The van der Waals surface area contributed by atoms with Crippen LogP contribution in [0, 0.1) is 0 Å². The molecule has 0 fully saturated rings. The van der Waals surface area contributed by atoms with Crippen LogP contribution in [0.5, 0.6) is 0 Å². The molecule has 4 nitrogen and oxygen atoms in total. The summed E-state index contributed by atoms with van der Waals surface area (Å²) >= 11 is 0. The number of carbonyl (C=O) groups is 2. The minimum absolute atomic E-state index is 0.143. The Morgan fingerprint density at radius 2 is 1.50 bits per heavy atom. The molecule has 0 saturated heterocycles. The van der Waals surface area contributed by atoms with Crippen molar-refractivity contribution in [3.63, 3.8) is 0 Å². The molecule has 0 atom stereocenters. The predicted molar refractivity (Wildman–Crippen MR) is 76.6 cm³/mol. The highest BCUT2D eigenvalue weighted by Gasteiger charge is 2.08. The lowest BCUT2D eigenvalue weighted by molar-refractivity contribution is 0.0600. The van der Waals surface area contributed by atoms with Gasteiger partial charge in [-0.3, -0.25) is 4.79 Å². The molecule has 0 saturated carbocycles. The summed E-state index contributed by atoms with van der Waals surface area (Å²) in [5.41, 5.74) is 2.79. The van der Waals surface area contributed by atoms with Crippen LogP contribution in [0.4, 0.5) is 0 Å². The fourth-order valence-electron chi connectivity index (χ4n) is 1.93. The number of hydrogen-bond donors (Lipinski definition) is 1. The molecule has 0 aliphatic rings. The third-order valence-electron chi connectivity index (χ3n) is 2.97. The summed E-state index contributed by atoms with van der Waals surface area (Å²) in [6.45, 7) is 0. The van der Waals surface area contributed by atoms with Crippen LogP contribution >= 0.6 is 0 Å². The van der Waals surface area contributed by atoms with Gasteiger partial charge in [0, 0.05) is 12.6 Å². The molecule has 2 aromatic rings. The van der Waals surface area contributed by atoms with Crippen molar-refractivity contribution in [3.8, 4) is 11.1 Å². The van der Waals surface area contributed by atoms with Crippen molar-refractivity contribution >= 4 is 11.9 Å². The van der Waals surface area contributed by atoms with Gasteiger partial charge in [-0.1, -0.05) is 24.3 Å². The summed E-state index contributed by atoms with van der Waals surface area (Å²) in [4.78, 5) is 23.2. The number of methoxy groups -OCH3 is 1. The maximum atomic E-state index is 11.6. The van der Waals surface area contributed by atoms with Gasteiger partial charge in [0.1, 0.15) is 0 Å². The number of carbonyl (C=O) groups excluding carboxylic acids is 2. The molecule has 0 unspecified atom stereocenters. The summed E-state index contributed by atoms with van der Waals surface area (Å²) in [6.07, 6.45) is 0. The molecule has 0 radical (unpaired) electrons. The molecule has 0 aliphatic carbocycles. The predicted octanol–water partition coefficient (Wildman–Crippen LogP) is 2.50. The lowest BCUT2D eigenvalue weighted by Crippen LogP contribution is -2.17. The molecule has 1 amide bonds. The maximum absolute atomic E-state index is 11.6. The van der Waals surface area contributed by atoms with Gasteiger partial charge in [0.05, 0.1) is 12.7 Å². The molecule has 4 heteroatoms. The van der Waals surface area contributed by atoms with Gasteiger partial charge in [0.2, 0.25) is 0 Å². The number of rotatable bonds is 3. The second-order valence-corrected chi connectivity index (χ2v) is 4.23. The first-order valence-corrected chi connectivity index (χ1v) is 6.16. The first-order valence-electron chi connectivity index (χ1n) is 6.16. The van der Waals surface area contributed by atoms with Gasteiger partial charge in [-0.05, 0) is 35.4 Å². The number of ether oxygens (including phenoxy) is 1. The second kappa shape index (κ2) is 6.02. The number of nitrogens with one attached hydrogen (secondary N) is 1. The highest BCUT2D eigenvalue weighted by atomic mass is 16.5. The standard InChI is InChI=1S/C16H15NO3/c1-17-15(18)13-7-3-5-11(9-13)12-6-4-8-14(10-12)16(19)20-2/h3-10H,1-2H3,(H,17,18). The van der Waals surface area contributed by atoms with Gasteiger partial charge in [-0.2, -0.15) is 0 Å². The number of amides is 1. The van der Waals surface area contributed by atoms with Crippen LogP contribution in [0.15, 0.2) is 48.5 Å². The Bertz CT molecular complexity index is 592. The molecule has 0 aliphatic heterocycles. The van der Waals surface area contributed by atoms with Gasteiger partial charge in [-0.15, -0.1) is 0 Å². The number of benzene rings is 2. The lowest BCUT2D eigenvalue weighted by atomic mass is 10.0. The van der Waals surface area contributed by atoms with Gasteiger partial charge >= 0.3 is 5.97 Å². The minimum atomic E-state index is -0.380. The molecule has 2 aromatic carbocycles. The number of esters is 1. The zero-order chi connectivity index (χ0) is 14.5. The first kappa shape index (κ1) is 13.8. The third kappa shape index (κ3) is 2.85. The Balaban J connectivity index is 2.41. The van der Waals surface area contributed by atoms with Crippen LogP contribution in [-0.2, 0) is 4.74 Å². The Kier molecular flexibility index (Phi) is 4.15. The van der Waals surface area contributed by atoms with E-state index in [1.807, 2.05) is 18.2 Å². The highest BCUT2D eigenvalue weighted by molar-refractivity contribution is 5.95. The van der Waals surface area contributed by atoms with E-state index in [9.17, 15) is 9.59 Å². The van der Waals surface area contributed by atoms with E-state index < -0.39 is 0 Å². The fraction of sp³-hybridized carbons (Fsp3) is 0.125. The lowest BCUT2D eigenvalue weighted by Gasteiger charge is -2.06. The maximum Gasteiger partial charge on any atom is 0.337 e. The monoisotopic (exact) mass is 269 g/mol. The van der Waals surface area contributed by atoms with Crippen molar-refractivity contribution < 1.29 is 14.3 Å². The first-order chi connectivity index (χ1) is 9.65. The van der Waals surface area contributed by atoms with Crippen molar-refractivity contribution in [1.82, 2.24) is 5.32 Å². The summed E-state index contributed by atoms with van der Waals surface area (Å²) in [7, 11) is 2.94. The van der Waals surface area contributed by atoms with E-state index in [0.29, 0.717) is 11.1 Å². The average Bonchev–Trinajstić information content (AvgIpc) is 2.53. The van der Waals surface area contributed by atoms with E-state index in [-0.39, 0.29) is 11.9 Å². The largest absolute Gasteiger partial charge is 0.465 e. The van der Waals surface area contributed by atoms with Crippen LogP contribution in [0.1, 0.15) is 20.7 Å². The van der Waals surface area contributed by atoms with Crippen molar-refractivity contribution in [3.05, 3.63) is 59.7 Å². The molecular formula is C16H15NO3. The molecule has 1 N–H and O–H groups in total. The third-order valence-corrected chi connectivity index (χ3v) is 2.97. The van der Waals surface area contributed by atoms with Gasteiger partial charge < -0.3 is 10.1 Å². The molecule has 0 aromatic heterocycles. The van der Waals surface area contributed by atoms with Crippen LogP contribution in [-0.4, -0.2) is 26.0 Å². The normalized spacial score (nSPS) is 9.90. The van der Waals surface area contributed by atoms with E-state index >= 15 is 0 Å². The Hall–Kier alpha value is -2.62. The van der Waals surface area contributed by atoms with Crippen molar-refractivity contribution in [2.24, 2.45) is 0 Å². The molecule has 20 heavy (non-hydrogen) atoms. The second-order valence-electron chi connectivity index (χ2n) is 4.23. The van der Waals surface area contributed by atoms with Crippen LogP contribution in [0.2, 0.25) is 0 Å². The average molecular weight is 269 g/mol. The van der Waals surface area contributed by atoms with E-state index in [0.717, 1.165) is 11.1 Å². The minimum Gasteiger partial charge on any atom is -0.465 e. The zero-order valence-electron chi connectivity index (χ0n) is 11.3. The van der Waals surface area contributed by atoms with Crippen molar-refractivity contribution in [2.45, 2.75) is 0 Å². The van der Waals surface area contributed by atoms with E-state index in [2.05, 4.69) is 5.32 Å². The van der Waals surface area contributed by atoms with Gasteiger partial charge in [0.15, 0.2) is 0 Å². The molecule has 0 spiro atoms. The molecular weight excluding hydrogens is 254 g/mol. The van der Waals surface area contributed by atoms with Crippen molar-refractivity contribution in [1.29, 1.82) is 0 Å². The summed E-state index contributed by atoms with van der Waals surface area (Å²) in [5.74, 6) is -0.523. The molecule has 0 bridgehead atoms. The van der Waals surface area contributed by atoms with Crippen LogP contribution in [0.25, 0.3) is 11.1 Å². The molecule has 0 heterocycles. The molecule has 2 rings (SSSR count). The quantitative estimate of drug-likeness (QED) is 0.871. The van der Waals surface area contributed by atoms with E-state index in [4.69, 9.17) is 4.74 Å². The fourth-order valence-corrected chi connectivity index (χ4v) is 1.93. The SMILES string of the molecule is CNC(=O)c1cccc(-c2cccc(C(=O)OC)c2)c1. The zero-order valence-corrected chi connectivity index (χ0v) is 11.3. The Labute approximate surface area is 117 Å². The van der Waals surface area contributed by atoms with Crippen molar-refractivity contribution in [2.75, 3.05) is 14.2 Å². The summed E-state index contributed by atoms with van der Waals surface area (Å²) < 4.78 is 4.70. The van der Waals surface area contributed by atoms with E-state index in [1.54, 1.807) is 37.4 Å². The van der Waals surface area contributed by atoms with Gasteiger partial charge in [0.25, 0.3) is 5.91 Å². The smallest absolute Gasteiger partial charge is 0.337 e. The summed E-state index contributed by atoms with van der Waals surface area (Å²) in [5, 5.41) is 2.59. The topological polar surface area (TPSA) is 55.4 Å². The highest BCUT2D eigenvalue weighted by Crippen LogP contribution is 2.22. The van der Waals surface area contributed by atoms with Crippen LogP contribution in [0.3, 0.4) is 0 Å².